The number of amides is 1. The Morgan fingerprint density at radius 1 is 1.25 bits per heavy atom. The molecule has 0 aliphatic carbocycles. The standard InChI is InChI=1S/C16H14N4O3S/c17-11-12-10-13(20(22)23)3-4-14(12)18-5-7-19(8-6-18)16(21)15-2-1-9-24-15/h1-4,9-10H,5-8H2. The maximum Gasteiger partial charge on any atom is 0.270 e. The molecule has 1 amide bonds. The molecular formula is C16H14N4O3S. The average molecular weight is 342 g/mol. The van der Waals surface area contributed by atoms with Gasteiger partial charge in [-0.3, -0.25) is 14.9 Å². The van der Waals surface area contributed by atoms with Gasteiger partial charge in [-0.05, 0) is 17.5 Å². The van der Waals surface area contributed by atoms with Crippen molar-refractivity contribution in [2.75, 3.05) is 31.1 Å². The van der Waals surface area contributed by atoms with Crippen molar-refractivity contribution in [1.29, 1.82) is 5.26 Å². The van der Waals surface area contributed by atoms with E-state index in [1.54, 1.807) is 11.0 Å². The first-order valence-electron chi connectivity index (χ1n) is 7.36. The number of carbonyl (C=O) groups excluding carboxylic acids is 1. The molecule has 0 saturated carbocycles. The largest absolute Gasteiger partial charge is 0.367 e. The fourth-order valence-corrected chi connectivity index (χ4v) is 3.40. The van der Waals surface area contributed by atoms with E-state index >= 15 is 0 Å². The normalized spacial score (nSPS) is 14.3. The van der Waals surface area contributed by atoms with Crippen LogP contribution in [-0.4, -0.2) is 41.9 Å². The number of non-ortho nitro benzene ring substituents is 1. The molecule has 1 saturated heterocycles. The zero-order chi connectivity index (χ0) is 17.1. The third-order valence-electron chi connectivity index (χ3n) is 3.95. The number of benzene rings is 1. The van der Waals surface area contributed by atoms with E-state index in [2.05, 4.69) is 0 Å². The Morgan fingerprint density at radius 3 is 2.58 bits per heavy atom. The van der Waals surface area contributed by atoms with Gasteiger partial charge in [0.2, 0.25) is 0 Å². The number of hydrogen-bond donors (Lipinski definition) is 0. The molecule has 1 fully saturated rings. The van der Waals surface area contributed by atoms with Crippen molar-refractivity contribution in [2.24, 2.45) is 0 Å². The number of piperazine rings is 1. The number of carbonyl (C=O) groups is 1. The van der Waals surface area contributed by atoms with Crippen molar-refractivity contribution in [3.8, 4) is 6.07 Å². The Hall–Kier alpha value is -2.92. The number of hydrogen-bond acceptors (Lipinski definition) is 6. The summed E-state index contributed by atoms with van der Waals surface area (Å²) >= 11 is 1.42. The first-order chi connectivity index (χ1) is 11.6. The van der Waals surface area contributed by atoms with Crippen LogP contribution in [-0.2, 0) is 0 Å². The molecule has 8 heteroatoms. The first kappa shape index (κ1) is 16.0. The van der Waals surface area contributed by atoms with Crippen LogP contribution in [0.15, 0.2) is 35.7 Å². The maximum atomic E-state index is 12.3. The van der Waals surface area contributed by atoms with Crippen molar-refractivity contribution in [3.63, 3.8) is 0 Å². The smallest absolute Gasteiger partial charge is 0.270 e. The van der Waals surface area contributed by atoms with Gasteiger partial charge in [-0.1, -0.05) is 6.07 Å². The van der Waals surface area contributed by atoms with Crippen molar-refractivity contribution >= 4 is 28.6 Å². The van der Waals surface area contributed by atoms with Crippen LogP contribution in [0.1, 0.15) is 15.2 Å². The van der Waals surface area contributed by atoms with Gasteiger partial charge in [-0.25, -0.2) is 0 Å². The van der Waals surface area contributed by atoms with Crippen molar-refractivity contribution < 1.29 is 9.72 Å². The average Bonchev–Trinajstić information content (AvgIpc) is 3.15. The Kier molecular flexibility index (Phi) is 4.44. The Balaban J connectivity index is 1.72. The maximum absolute atomic E-state index is 12.3. The highest BCUT2D eigenvalue weighted by molar-refractivity contribution is 7.12. The van der Waals surface area contributed by atoms with Gasteiger partial charge in [0.05, 0.1) is 21.1 Å². The molecule has 3 rings (SSSR count). The molecular weight excluding hydrogens is 328 g/mol. The van der Waals surface area contributed by atoms with Gasteiger partial charge in [0.25, 0.3) is 11.6 Å². The summed E-state index contributed by atoms with van der Waals surface area (Å²) in [5, 5.41) is 22.0. The quantitative estimate of drug-likeness (QED) is 0.631. The van der Waals surface area contributed by atoms with Crippen molar-refractivity contribution in [1.82, 2.24) is 4.90 Å². The fraction of sp³-hybridized carbons (Fsp3) is 0.250. The Bertz CT molecular complexity index is 805. The Labute approximate surface area is 142 Å². The fourth-order valence-electron chi connectivity index (χ4n) is 2.71. The van der Waals surface area contributed by atoms with E-state index in [9.17, 15) is 20.2 Å². The minimum atomic E-state index is -0.512. The molecule has 0 atom stereocenters. The van der Waals surface area contributed by atoms with Gasteiger partial charge in [0, 0.05) is 38.3 Å². The molecule has 0 bridgehead atoms. The van der Waals surface area contributed by atoms with Crippen molar-refractivity contribution in [2.45, 2.75) is 0 Å². The highest BCUT2D eigenvalue weighted by Gasteiger charge is 2.24. The van der Waals surface area contributed by atoms with Crippen molar-refractivity contribution in [3.05, 3.63) is 56.3 Å². The molecule has 0 radical (unpaired) electrons. The summed E-state index contributed by atoms with van der Waals surface area (Å²) in [7, 11) is 0. The lowest BCUT2D eigenvalue weighted by molar-refractivity contribution is -0.384. The molecule has 0 unspecified atom stereocenters. The predicted octanol–water partition coefficient (Wildman–Crippen LogP) is 2.49. The molecule has 2 heterocycles. The summed E-state index contributed by atoms with van der Waals surface area (Å²) in [5.41, 5.74) is 0.857. The second-order valence-corrected chi connectivity index (χ2v) is 6.27. The van der Waals surface area contributed by atoms with E-state index in [0.717, 1.165) is 4.88 Å². The molecule has 1 aliphatic rings. The second kappa shape index (κ2) is 6.68. The van der Waals surface area contributed by atoms with Gasteiger partial charge in [-0.15, -0.1) is 11.3 Å². The molecule has 7 nitrogen and oxygen atoms in total. The molecule has 0 N–H and O–H groups in total. The summed E-state index contributed by atoms with van der Waals surface area (Å²) in [6.45, 7) is 2.28. The third-order valence-corrected chi connectivity index (χ3v) is 4.81. The SMILES string of the molecule is N#Cc1cc([N+](=O)[O-])ccc1N1CCN(C(=O)c2cccs2)CC1. The summed E-state index contributed by atoms with van der Waals surface area (Å²) < 4.78 is 0. The topological polar surface area (TPSA) is 90.5 Å². The molecule has 1 aliphatic heterocycles. The van der Waals surface area contributed by atoms with Crippen LogP contribution < -0.4 is 4.90 Å². The number of nitrogens with zero attached hydrogens (tertiary/aromatic N) is 4. The molecule has 1 aromatic carbocycles. The minimum Gasteiger partial charge on any atom is -0.367 e. The van der Waals surface area contributed by atoms with E-state index in [1.807, 2.05) is 28.5 Å². The lowest BCUT2D eigenvalue weighted by atomic mass is 10.1. The molecule has 1 aromatic heterocycles. The van der Waals surface area contributed by atoms with Crippen LogP contribution in [0.25, 0.3) is 0 Å². The highest BCUT2D eigenvalue weighted by Crippen LogP contribution is 2.26. The minimum absolute atomic E-state index is 0.0221. The van der Waals surface area contributed by atoms with Crippen LogP contribution in [0.5, 0.6) is 0 Å². The number of nitriles is 1. The number of rotatable bonds is 3. The number of nitro groups is 1. The monoisotopic (exact) mass is 342 g/mol. The van der Waals surface area contributed by atoms with Gasteiger partial charge in [0.1, 0.15) is 6.07 Å². The van der Waals surface area contributed by atoms with E-state index in [4.69, 9.17) is 0 Å². The predicted molar refractivity (Wildman–Crippen MR) is 90.2 cm³/mol. The summed E-state index contributed by atoms with van der Waals surface area (Å²) in [6.07, 6.45) is 0. The van der Waals surface area contributed by atoms with E-state index in [1.165, 1.54) is 23.5 Å². The van der Waals surface area contributed by atoms with E-state index < -0.39 is 4.92 Å². The first-order valence-corrected chi connectivity index (χ1v) is 8.24. The lowest BCUT2D eigenvalue weighted by Gasteiger charge is -2.36. The van der Waals surface area contributed by atoms with Gasteiger partial charge >= 0.3 is 0 Å². The summed E-state index contributed by atoms with van der Waals surface area (Å²) in [6, 6.07) is 9.98. The second-order valence-electron chi connectivity index (χ2n) is 5.33. The zero-order valence-corrected chi connectivity index (χ0v) is 13.5. The number of anilines is 1. The van der Waals surface area contributed by atoms with Gasteiger partial charge in [0.15, 0.2) is 0 Å². The van der Waals surface area contributed by atoms with Crippen LogP contribution in [0.2, 0.25) is 0 Å². The van der Waals surface area contributed by atoms with Crippen LogP contribution in [0.3, 0.4) is 0 Å². The lowest BCUT2D eigenvalue weighted by Crippen LogP contribution is -2.48. The summed E-state index contributed by atoms with van der Waals surface area (Å²) in [5.74, 6) is 0.0221. The van der Waals surface area contributed by atoms with E-state index in [-0.39, 0.29) is 17.2 Å². The Morgan fingerprint density at radius 2 is 2.00 bits per heavy atom. The van der Waals surface area contributed by atoms with Gasteiger partial charge < -0.3 is 9.80 Å². The molecule has 0 spiro atoms. The van der Waals surface area contributed by atoms with Crippen LogP contribution >= 0.6 is 11.3 Å². The third kappa shape index (κ3) is 3.07. The van der Waals surface area contributed by atoms with Gasteiger partial charge in [-0.2, -0.15) is 5.26 Å². The summed E-state index contributed by atoms with van der Waals surface area (Å²) in [4.78, 5) is 27.1. The zero-order valence-electron chi connectivity index (χ0n) is 12.7. The molecule has 122 valence electrons. The number of thiophene rings is 1. The van der Waals surface area contributed by atoms with Crippen LogP contribution in [0, 0.1) is 21.4 Å². The molecule has 24 heavy (non-hydrogen) atoms. The highest BCUT2D eigenvalue weighted by atomic mass is 32.1. The van der Waals surface area contributed by atoms with E-state index in [0.29, 0.717) is 31.9 Å². The van der Waals surface area contributed by atoms with Crippen LogP contribution in [0.4, 0.5) is 11.4 Å². The molecule has 2 aromatic rings. The number of nitro benzene ring substituents is 1.